The van der Waals surface area contributed by atoms with Gasteiger partial charge in [0, 0.05) is 25.7 Å². The van der Waals surface area contributed by atoms with E-state index in [1.165, 1.54) is 0 Å². The molecule has 0 aliphatic heterocycles. The molecule has 0 saturated heterocycles. The van der Waals surface area contributed by atoms with Gasteiger partial charge in [-0.15, -0.1) is 5.10 Å². The first-order valence-electron chi connectivity index (χ1n) is 11.5. The molecule has 2 aromatic heterocycles. The van der Waals surface area contributed by atoms with Crippen molar-refractivity contribution in [1.82, 2.24) is 30.4 Å². The highest BCUT2D eigenvalue weighted by molar-refractivity contribution is 5.94. The van der Waals surface area contributed by atoms with Crippen molar-refractivity contribution in [1.29, 1.82) is 0 Å². The maximum atomic E-state index is 12.5. The quantitative estimate of drug-likeness (QED) is 0.354. The zero-order valence-electron chi connectivity index (χ0n) is 19.7. The molecule has 34 heavy (non-hydrogen) atoms. The van der Waals surface area contributed by atoms with Crippen molar-refractivity contribution in [3.05, 3.63) is 65.9 Å². The number of anilines is 1. The first kappa shape index (κ1) is 23.2. The molecule has 1 N–H and O–H groups in total. The highest BCUT2D eigenvalue weighted by atomic mass is 16.5. The average Bonchev–Trinajstić information content (AvgIpc) is 3.53. The number of nitrogens with one attached hydrogen (secondary N) is 1. The van der Waals surface area contributed by atoms with Crippen molar-refractivity contribution in [2.45, 2.75) is 33.2 Å². The Labute approximate surface area is 198 Å². The molecular weight excluding hydrogens is 430 g/mol. The molecule has 0 aliphatic rings. The topological polar surface area (TPSA) is 102 Å². The second-order valence-corrected chi connectivity index (χ2v) is 7.99. The number of carbonyl (C=O) groups excluding carboxylic acids is 1. The first-order chi connectivity index (χ1) is 16.6. The van der Waals surface area contributed by atoms with Gasteiger partial charge in [-0.25, -0.2) is 9.89 Å². The number of tetrazole rings is 1. The van der Waals surface area contributed by atoms with Crippen LogP contribution in [-0.2, 0) is 18.3 Å². The van der Waals surface area contributed by atoms with Crippen LogP contribution in [0.1, 0.15) is 42.6 Å². The van der Waals surface area contributed by atoms with Crippen LogP contribution in [0.25, 0.3) is 22.5 Å². The number of unbranched alkanes of at least 4 members (excludes halogenated alkanes) is 1. The van der Waals surface area contributed by atoms with E-state index < -0.39 is 0 Å². The molecule has 0 spiro atoms. The number of aromatic nitrogens is 6. The summed E-state index contributed by atoms with van der Waals surface area (Å²) >= 11 is 0. The van der Waals surface area contributed by atoms with Gasteiger partial charge in [0.25, 0.3) is 0 Å². The number of ether oxygens (including phenoxy) is 1. The van der Waals surface area contributed by atoms with E-state index in [2.05, 4.69) is 67.9 Å². The summed E-state index contributed by atoms with van der Waals surface area (Å²) in [6, 6.07) is 16.5. The van der Waals surface area contributed by atoms with E-state index in [0.717, 1.165) is 47.5 Å². The zero-order valence-corrected chi connectivity index (χ0v) is 19.7. The van der Waals surface area contributed by atoms with Crippen LogP contribution in [0.3, 0.4) is 0 Å². The maximum Gasteiger partial charge on any atom is 0.343 e. The van der Waals surface area contributed by atoms with Gasteiger partial charge in [-0.3, -0.25) is 4.68 Å². The summed E-state index contributed by atoms with van der Waals surface area (Å²) in [6.45, 7) is 5.76. The van der Waals surface area contributed by atoms with Gasteiger partial charge in [0.2, 0.25) is 0 Å². The molecule has 4 rings (SSSR count). The van der Waals surface area contributed by atoms with Gasteiger partial charge in [0.15, 0.2) is 5.82 Å². The van der Waals surface area contributed by atoms with E-state index in [0.29, 0.717) is 24.5 Å². The van der Waals surface area contributed by atoms with Crippen molar-refractivity contribution >= 4 is 11.8 Å². The Morgan fingerprint density at radius 2 is 1.85 bits per heavy atom. The van der Waals surface area contributed by atoms with Crippen molar-refractivity contribution in [3.8, 4) is 22.5 Å². The fourth-order valence-electron chi connectivity index (χ4n) is 3.99. The lowest BCUT2D eigenvalue weighted by Gasteiger charge is -2.26. The van der Waals surface area contributed by atoms with Crippen LogP contribution < -0.4 is 4.90 Å². The summed E-state index contributed by atoms with van der Waals surface area (Å²) in [6.07, 6.45) is 3.64. The molecule has 4 aromatic rings. The summed E-state index contributed by atoms with van der Waals surface area (Å²) in [5, 5.41) is 18.6. The van der Waals surface area contributed by atoms with Gasteiger partial charge < -0.3 is 9.64 Å². The molecule has 0 atom stereocenters. The van der Waals surface area contributed by atoms with E-state index in [4.69, 9.17) is 4.74 Å². The Kier molecular flexibility index (Phi) is 7.31. The minimum Gasteiger partial charge on any atom is -0.462 e. The fourth-order valence-corrected chi connectivity index (χ4v) is 3.99. The predicted octanol–water partition coefficient (Wildman–Crippen LogP) is 4.25. The van der Waals surface area contributed by atoms with Crippen LogP contribution in [0, 0.1) is 0 Å². The standard InChI is InChI=1S/C25H29N7O2/c1-4-6-15-32(24-22(16-26-31(24)3)25(33)34-5-2)17-18-11-13-19(14-12-18)20-9-7-8-10-21(20)23-27-29-30-28-23/h7-14,16H,4-6,15,17H2,1-3H3,(H,27,28,29,30). The van der Waals surface area contributed by atoms with Crippen LogP contribution in [0.5, 0.6) is 0 Å². The van der Waals surface area contributed by atoms with Gasteiger partial charge in [-0.1, -0.05) is 61.9 Å². The third-order valence-electron chi connectivity index (χ3n) is 5.65. The molecule has 0 saturated carbocycles. The molecule has 9 nitrogen and oxygen atoms in total. The number of hydrogen-bond acceptors (Lipinski definition) is 7. The normalized spacial score (nSPS) is 10.9. The number of rotatable bonds is 10. The Bertz CT molecular complexity index is 1220. The van der Waals surface area contributed by atoms with Crippen LogP contribution >= 0.6 is 0 Å². The van der Waals surface area contributed by atoms with Crippen molar-refractivity contribution in [3.63, 3.8) is 0 Å². The highest BCUT2D eigenvalue weighted by Gasteiger charge is 2.22. The van der Waals surface area contributed by atoms with Gasteiger partial charge >= 0.3 is 5.97 Å². The minimum absolute atomic E-state index is 0.329. The number of H-pyrrole nitrogens is 1. The molecule has 176 valence electrons. The third-order valence-corrected chi connectivity index (χ3v) is 5.65. The Hall–Kier alpha value is -4.01. The van der Waals surface area contributed by atoms with E-state index in [-0.39, 0.29) is 5.97 Å². The molecule has 0 unspecified atom stereocenters. The molecule has 2 heterocycles. The number of benzene rings is 2. The molecular formula is C25H29N7O2. The summed E-state index contributed by atoms with van der Waals surface area (Å²) in [5.74, 6) is 1.06. The number of aryl methyl sites for hydroxylation is 1. The smallest absolute Gasteiger partial charge is 0.343 e. The lowest BCUT2D eigenvalue weighted by atomic mass is 9.98. The van der Waals surface area contributed by atoms with Crippen LogP contribution in [-0.4, -0.2) is 49.5 Å². The van der Waals surface area contributed by atoms with Crippen LogP contribution in [0.4, 0.5) is 5.82 Å². The van der Waals surface area contributed by atoms with Gasteiger partial charge in [-0.2, -0.15) is 5.10 Å². The maximum absolute atomic E-state index is 12.5. The molecule has 0 radical (unpaired) electrons. The zero-order chi connectivity index (χ0) is 23.9. The molecule has 9 heteroatoms. The molecule has 0 fully saturated rings. The monoisotopic (exact) mass is 459 g/mol. The van der Waals surface area contributed by atoms with E-state index in [1.54, 1.807) is 17.8 Å². The molecule has 2 aromatic carbocycles. The third kappa shape index (κ3) is 4.98. The van der Waals surface area contributed by atoms with Gasteiger partial charge in [0.1, 0.15) is 11.4 Å². The highest BCUT2D eigenvalue weighted by Crippen LogP contribution is 2.30. The fraction of sp³-hybridized carbons (Fsp3) is 0.320. The number of esters is 1. The molecule has 0 aliphatic carbocycles. The van der Waals surface area contributed by atoms with E-state index >= 15 is 0 Å². The van der Waals surface area contributed by atoms with Crippen molar-refractivity contribution in [2.75, 3.05) is 18.1 Å². The molecule has 0 amide bonds. The van der Waals surface area contributed by atoms with Gasteiger partial charge in [0.05, 0.1) is 12.8 Å². The lowest BCUT2D eigenvalue weighted by Crippen LogP contribution is -2.28. The summed E-state index contributed by atoms with van der Waals surface area (Å²) in [4.78, 5) is 14.7. The van der Waals surface area contributed by atoms with Crippen LogP contribution in [0.2, 0.25) is 0 Å². The predicted molar refractivity (Wildman–Crippen MR) is 130 cm³/mol. The van der Waals surface area contributed by atoms with Crippen molar-refractivity contribution < 1.29 is 9.53 Å². The SMILES string of the molecule is CCCCN(Cc1ccc(-c2ccccc2-c2nnn[nH]2)cc1)c1c(C(=O)OCC)cnn1C. The second kappa shape index (κ2) is 10.7. The second-order valence-electron chi connectivity index (χ2n) is 7.99. The average molecular weight is 460 g/mol. The summed E-state index contributed by atoms with van der Waals surface area (Å²) in [7, 11) is 1.86. The largest absolute Gasteiger partial charge is 0.462 e. The van der Waals surface area contributed by atoms with E-state index in [9.17, 15) is 4.79 Å². The number of aromatic amines is 1. The van der Waals surface area contributed by atoms with Gasteiger partial charge in [-0.05, 0) is 40.5 Å². The van der Waals surface area contributed by atoms with Crippen LogP contribution in [0.15, 0.2) is 54.7 Å². The number of hydrogen-bond donors (Lipinski definition) is 1. The molecule has 0 bridgehead atoms. The lowest BCUT2D eigenvalue weighted by molar-refractivity contribution is 0.0527. The number of carbonyl (C=O) groups is 1. The Morgan fingerprint density at radius 3 is 2.53 bits per heavy atom. The minimum atomic E-state index is -0.346. The first-order valence-corrected chi connectivity index (χ1v) is 11.5. The summed E-state index contributed by atoms with van der Waals surface area (Å²) in [5.41, 5.74) is 4.69. The Morgan fingerprint density at radius 1 is 1.09 bits per heavy atom. The summed E-state index contributed by atoms with van der Waals surface area (Å²) < 4.78 is 7.01. The number of nitrogens with zero attached hydrogens (tertiary/aromatic N) is 6. The van der Waals surface area contributed by atoms with E-state index in [1.807, 2.05) is 25.2 Å². The van der Waals surface area contributed by atoms with Crippen molar-refractivity contribution in [2.24, 2.45) is 7.05 Å². The Balaban J connectivity index is 1.61.